The third kappa shape index (κ3) is 4.03. The van der Waals surface area contributed by atoms with Gasteiger partial charge in [-0.2, -0.15) is 0 Å². The van der Waals surface area contributed by atoms with Crippen molar-refractivity contribution in [1.29, 1.82) is 0 Å². The molecule has 1 N–H and O–H groups in total. The standard InChI is InChI=1S/C14H20F2O2/c1-4-18-14(9(2)3)13(17)8-10-7-11(15)5-6-12(10)16/h5-7,9,13-14,17H,4,8H2,1-3H3. The molecular formula is C14H20F2O2. The molecule has 0 aliphatic carbocycles. The van der Waals surface area contributed by atoms with Crippen LogP contribution in [0.4, 0.5) is 8.78 Å². The molecule has 0 amide bonds. The van der Waals surface area contributed by atoms with Crippen LogP contribution in [0.5, 0.6) is 0 Å². The molecule has 4 heteroatoms. The first-order chi connectivity index (χ1) is 8.45. The van der Waals surface area contributed by atoms with Crippen molar-refractivity contribution in [2.45, 2.75) is 39.4 Å². The lowest BCUT2D eigenvalue weighted by molar-refractivity contribution is -0.0564. The molecule has 0 aliphatic heterocycles. The molecule has 1 rings (SSSR count). The predicted octanol–water partition coefficient (Wildman–Crippen LogP) is 2.93. The fourth-order valence-corrected chi connectivity index (χ4v) is 1.98. The van der Waals surface area contributed by atoms with Crippen molar-refractivity contribution in [3.05, 3.63) is 35.4 Å². The molecule has 0 heterocycles. The fourth-order valence-electron chi connectivity index (χ4n) is 1.98. The van der Waals surface area contributed by atoms with E-state index < -0.39 is 17.7 Å². The molecule has 0 saturated carbocycles. The van der Waals surface area contributed by atoms with Gasteiger partial charge in [0.2, 0.25) is 0 Å². The number of hydrogen-bond donors (Lipinski definition) is 1. The molecule has 0 spiro atoms. The first-order valence-electron chi connectivity index (χ1n) is 6.19. The van der Waals surface area contributed by atoms with Crippen LogP contribution < -0.4 is 0 Å². The smallest absolute Gasteiger partial charge is 0.126 e. The summed E-state index contributed by atoms with van der Waals surface area (Å²) in [6.45, 7) is 6.16. The van der Waals surface area contributed by atoms with E-state index in [2.05, 4.69) is 0 Å². The minimum absolute atomic E-state index is 0.0481. The molecule has 1 aromatic carbocycles. The van der Waals surface area contributed by atoms with Crippen LogP contribution >= 0.6 is 0 Å². The molecule has 2 atom stereocenters. The van der Waals surface area contributed by atoms with E-state index in [9.17, 15) is 13.9 Å². The van der Waals surface area contributed by atoms with Gasteiger partial charge in [0.15, 0.2) is 0 Å². The van der Waals surface area contributed by atoms with Gasteiger partial charge in [0.1, 0.15) is 11.6 Å². The van der Waals surface area contributed by atoms with Gasteiger partial charge in [-0.15, -0.1) is 0 Å². The molecule has 0 radical (unpaired) electrons. The van der Waals surface area contributed by atoms with Crippen LogP contribution in [0.15, 0.2) is 18.2 Å². The summed E-state index contributed by atoms with van der Waals surface area (Å²) in [5.41, 5.74) is 0.174. The van der Waals surface area contributed by atoms with E-state index >= 15 is 0 Å². The second-order valence-corrected chi connectivity index (χ2v) is 4.67. The van der Waals surface area contributed by atoms with E-state index in [-0.39, 0.29) is 24.0 Å². The van der Waals surface area contributed by atoms with Crippen molar-refractivity contribution in [2.75, 3.05) is 6.61 Å². The summed E-state index contributed by atoms with van der Waals surface area (Å²) in [6, 6.07) is 3.25. The second kappa shape index (κ2) is 6.81. The van der Waals surface area contributed by atoms with Crippen LogP contribution in [0, 0.1) is 17.6 Å². The van der Waals surface area contributed by atoms with Gasteiger partial charge in [-0.1, -0.05) is 13.8 Å². The highest BCUT2D eigenvalue weighted by Crippen LogP contribution is 2.18. The summed E-state index contributed by atoms with van der Waals surface area (Å²) in [6.07, 6.45) is -1.18. The van der Waals surface area contributed by atoms with Gasteiger partial charge in [-0.3, -0.25) is 0 Å². The van der Waals surface area contributed by atoms with Crippen LogP contribution in [0.1, 0.15) is 26.3 Å². The lowest BCUT2D eigenvalue weighted by Crippen LogP contribution is -2.35. The molecule has 18 heavy (non-hydrogen) atoms. The van der Waals surface area contributed by atoms with Crippen molar-refractivity contribution in [2.24, 2.45) is 5.92 Å². The number of hydrogen-bond acceptors (Lipinski definition) is 2. The highest BCUT2D eigenvalue weighted by molar-refractivity contribution is 5.19. The van der Waals surface area contributed by atoms with Crippen molar-refractivity contribution < 1.29 is 18.6 Å². The lowest BCUT2D eigenvalue weighted by Gasteiger charge is -2.26. The predicted molar refractivity (Wildman–Crippen MR) is 66.3 cm³/mol. The maximum atomic E-state index is 13.5. The van der Waals surface area contributed by atoms with Crippen LogP contribution in [-0.2, 0) is 11.2 Å². The molecule has 0 saturated heterocycles. The number of ether oxygens (including phenoxy) is 1. The van der Waals surface area contributed by atoms with Gasteiger partial charge in [-0.25, -0.2) is 8.78 Å². The van der Waals surface area contributed by atoms with Gasteiger partial charge in [0, 0.05) is 13.0 Å². The molecule has 2 unspecified atom stereocenters. The summed E-state index contributed by atoms with van der Waals surface area (Å²) in [5.74, 6) is -0.901. The highest BCUT2D eigenvalue weighted by Gasteiger charge is 2.24. The average molecular weight is 258 g/mol. The fraction of sp³-hybridized carbons (Fsp3) is 0.571. The molecular weight excluding hydrogens is 238 g/mol. The Morgan fingerprint density at radius 2 is 1.94 bits per heavy atom. The first-order valence-corrected chi connectivity index (χ1v) is 6.19. The molecule has 0 fully saturated rings. The first kappa shape index (κ1) is 15.1. The SMILES string of the molecule is CCOC(C(C)C)C(O)Cc1cc(F)ccc1F. The van der Waals surface area contributed by atoms with E-state index in [1.807, 2.05) is 20.8 Å². The molecule has 0 bridgehead atoms. The Morgan fingerprint density at radius 1 is 1.28 bits per heavy atom. The van der Waals surface area contributed by atoms with E-state index in [1.165, 1.54) is 0 Å². The summed E-state index contributed by atoms with van der Waals surface area (Å²) >= 11 is 0. The van der Waals surface area contributed by atoms with Crippen LogP contribution in [-0.4, -0.2) is 23.9 Å². The molecule has 0 aliphatic rings. The van der Waals surface area contributed by atoms with Crippen molar-refractivity contribution in [3.8, 4) is 0 Å². The van der Waals surface area contributed by atoms with Gasteiger partial charge in [0.25, 0.3) is 0 Å². The quantitative estimate of drug-likeness (QED) is 0.850. The van der Waals surface area contributed by atoms with E-state index in [4.69, 9.17) is 4.74 Å². The zero-order valence-corrected chi connectivity index (χ0v) is 11.0. The van der Waals surface area contributed by atoms with Gasteiger partial charge in [-0.05, 0) is 36.6 Å². The topological polar surface area (TPSA) is 29.5 Å². The molecule has 0 aromatic heterocycles. The summed E-state index contributed by atoms with van der Waals surface area (Å²) in [4.78, 5) is 0. The van der Waals surface area contributed by atoms with E-state index in [0.29, 0.717) is 6.61 Å². The lowest BCUT2D eigenvalue weighted by atomic mass is 9.96. The molecule has 102 valence electrons. The van der Waals surface area contributed by atoms with Crippen LogP contribution in [0.2, 0.25) is 0 Å². The zero-order valence-electron chi connectivity index (χ0n) is 11.0. The average Bonchev–Trinajstić information content (AvgIpc) is 2.30. The Balaban J connectivity index is 2.78. The third-order valence-electron chi connectivity index (χ3n) is 2.83. The Kier molecular flexibility index (Phi) is 5.69. The summed E-state index contributed by atoms with van der Waals surface area (Å²) in [5, 5.41) is 10.1. The van der Waals surface area contributed by atoms with Gasteiger partial charge < -0.3 is 9.84 Å². The Labute approximate surface area is 107 Å². The van der Waals surface area contributed by atoms with Crippen LogP contribution in [0.25, 0.3) is 0 Å². The number of halogens is 2. The maximum Gasteiger partial charge on any atom is 0.126 e. The highest BCUT2D eigenvalue weighted by atomic mass is 19.1. The normalized spacial score (nSPS) is 14.8. The largest absolute Gasteiger partial charge is 0.390 e. The molecule has 2 nitrogen and oxygen atoms in total. The van der Waals surface area contributed by atoms with Gasteiger partial charge in [0.05, 0.1) is 12.2 Å². The minimum atomic E-state index is -0.846. The minimum Gasteiger partial charge on any atom is -0.390 e. The molecule has 1 aromatic rings. The van der Waals surface area contributed by atoms with Crippen molar-refractivity contribution in [1.82, 2.24) is 0 Å². The number of rotatable bonds is 6. The van der Waals surface area contributed by atoms with Crippen molar-refractivity contribution in [3.63, 3.8) is 0 Å². The number of aliphatic hydroxyl groups is 1. The third-order valence-corrected chi connectivity index (χ3v) is 2.83. The summed E-state index contributed by atoms with van der Waals surface area (Å²) < 4.78 is 31.9. The number of aliphatic hydroxyl groups excluding tert-OH is 1. The van der Waals surface area contributed by atoms with E-state index in [0.717, 1.165) is 18.2 Å². The maximum absolute atomic E-state index is 13.5. The van der Waals surface area contributed by atoms with E-state index in [1.54, 1.807) is 0 Å². The monoisotopic (exact) mass is 258 g/mol. The Morgan fingerprint density at radius 3 is 2.50 bits per heavy atom. The number of benzene rings is 1. The zero-order chi connectivity index (χ0) is 13.7. The van der Waals surface area contributed by atoms with Crippen molar-refractivity contribution >= 4 is 0 Å². The summed E-state index contributed by atoms with van der Waals surface area (Å²) in [7, 11) is 0. The van der Waals surface area contributed by atoms with Crippen LogP contribution in [0.3, 0.4) is 0 Å². The Bertz CT molecular complexity index is 380. The Hall–Kier alpha value is -1.00. The van der Waals surface area contributed by atoms with Gasteiger partial charge >= 0.3 is 0 Å². The second-order valence-electron chi connectivity index (χ2n) is 4.67.